The lowest BCUT2D eigenvalue weighted by Gasteiger charge is -2.41. The first kappa shape index (κ1) is 15.3. The van der Waals surface area contributed by atoms with Gasteiger partial charge in [-0.2, -0.15) is 0 Å². The Morgan fingerprint density at radius 1 is 1.18 bits per heavy atom. The molecule has 0 spiro atoms. The first-order valence-electron chi connectivity index (χ1n) is 8.37. The minimum absolute atomic E-state index is 0.0116. The molecule has 2 fully saturated rings. The predicted octanol–water partition coefficient (Wildman–Crippen LogP) is 2.90. The van der Waals surface area contributed by atoms with Gasteiger partial charge in [-0.05, 0) is 36.8 Å². The number of hydrogen-bond donors (Lipinski definition) is 3. The molecule has 4 nitrogen and oxygen atoms in total. The van der Waals surface area contributed by atoms with E-state index in [1.165, 1.54) is 12.8 Å². The molecule has 1 heterocycles. The second kappa shape index (κ2) is 5.92. The molecule has 22 heavy (non-hydrogen) atoms. The molecule has 1 aliphatic carbocycles. The summed E-state index contributed by atoms with van der Waals surface area (Å²) in [7, 11) is 0. The van der Waals surface area contributed by atoms with Crippen LogP contribution in [0.5, 0.6) is 5.75 Å². The van der Waals surface area contributed by atoms with Crippen LogP contribution in [0, 0.1) is 6.92 Å². The van der Waals surface area contributed by atoms with Gasteiger partial charge in [0, 0.05) is 17.6 Å². The average molecular weight is 302 g/mol. The zero-order valence-corrected chi connectivity index (χ0v) is 13.6. The number of fused-ring (bicyclic) bond motifs is 1. The van der Waals surface area contributed by atoms with E-state index >= 15 is 0 Å². The fourth-order valence-electron chi connectivity index (χ4n) is 3.83. The van der Waals surface area contributed by atoms with Crippen molar-refractivity contribution < 1.29 is 9.90 Å². The molecule has 1 saturated carbocycles. The lowest BCUT2D eigenvalue weighted by molar-refractivity contribution is -0.127. The molecule has 1 aromatic rings. The molecule has 1 aliphatic heterocycles. The van der Waals surface area contributed by atoms with Gasteiger partial charge in [0.15, 0.2) is 0 Å². The van der Waals surface area contributed by atoms with E-state index in [-0.39, 0.29) is 23.6 Å². The second-order valence-electron chi connectivity index (χ2n) is 6.99. The highest BCUT2D eigenvalue weighted by Gasteiger charge is 2.38. The molecule has 120 valence electrons. The van der Waals surface area contributed by atoms with Crippen molar-refractivity contribution in [2.24, 2.45) is 0 Å². The lowest BCUT2D eigenvalue weighted by atomic mass is 9.84. The average Bonchev–Trinajstić information content (AvgIpc) is 2.47. The lowest BCUT2D eigenvalue weighted by Crippen LogP contribution is -2.61. The molecule has 0 unspecified atom stereocenters. The van der Waals surface area contributed by atoms with Gasteiger partial charge >= 0.3 is 0 Å². The maximum atomic E-state index is 12.6. The predicted molar refractivity (Wildman–Crippen MR) is 87.0 cm³/mol. The van der Waals surface area contributed by atoms with Gasteiger partial charge in [0.25, 0.3) is 0 Å². The Kier molecular flexibility index (Phi) is 4.13. The van der Waals surface area contributed by atoms with Crippen molar-refractivity contribution in [2.45, 2.75) is 70.5 Å². The summed E-state index contributed by atoms with van der Waals surface area (Å²) in [5, 5.41) is 17.3. The number of hydrogen-bond acceptors (Lipinski definition) is 3. The molecule has 1 amide bonds. The maximum Gasteiger partial charge on any atom is 0.242 e. The highest BCUT2D eigenvalue weighted by molar-refractivity contribution is 5.86. The number of rotatable bonds is 2. The van der Waals surface area contributed by atoms with Crippen LogP contribution < -0.4 is 10.6 Å². The Morgan fingerprint density at radius 2 is 1.86 bits per heavy atom. The van der Waals surface area contributed by atoms with Crippen molar-refractivity contribution in [2.75, 3.05) is 0 Å². The third kappa shape index (κ3) is 2.60. The van der Waals surface area contributed by atoms with Crippen LogP contribution in [0.4, 0.5) is 0 Å². The van der Waals surface area contributed by atoms with E-state index in [9.17, 15) is 9.90 Å². The SMILES string of the molecule is Cc1ccc(C(C)C)c(O)c1[C@@H]1N[C@@H]2CCCC[C@H]2NC1=O. The number of piperazine rings is 1. The number of nitrogens with one attached hydrogen (secondary N) is 2. The summed E-state index contributed by atoms with van der Waals surface area (Å²) in [6.45, 7) is 6.07. The van der Waals surface area contributed by atoms with Crippen molar-refractivity contribution in [1.29, 1.82) is 0 Å². The van der Waals surface area contributed by atoms with Crippen molar-refractivity contribution in [3.63, 3.8) is 0 Å². The second-order valence-corrected chi connectivity index (χ2v) is 6.99. The molecule has 0 bridgehead atoms. The number of carbonyl (C=O) groups excluding carboxylic acids is 1. The number of phenolic OH excluding ortho intramolecular Hbond substituents is 1. The summed E-state index contributed by atoms with van der Waals surface area (Å²) >= 11 is 0. The number of phenols is 1. The third-order valence-corrected chi connectivity index (χ3v) is 5.11. The van der Waals surface area contributed by atoms with E-state index in [4.69, 9.17) is 0 Å². The van der Waals surface area contributed by atoms with E-state index in [1.807, 2.05) is 19.1 Å². The van der Waals surface area contributed by atoms with Gasteiger partial charge in [0.1, 0.15) is 11.8 Å². The van der Waals surface area contributed by atoms with Gasteiger partial charge in [0.05, 0.1) is 0 Å². The number of benzene rings is 1. The Bertz CT molecular complexity index is 583. The fraction of sp³-hybridized carbons (Fsp3) is 0.611. The molecule has 3 rings (SSSR count). The molecule has 0 aromatic heterocycles. The number of aromatic hydroxyl groups is 1. The Hall–Kier alpha value is -1.55. The monoisotopic (exact) mass is 302 g/mol. The van der Waals surface area contributed by atoms with Gasteiger partial charge in [-0.3, -0.25) is 10.1 Å². The standard InChI is InChI=1S/C18H26N2O2/c1-10(2)12-9-8-11(3)15(17(12)21)16-18(22)20-14-7-5-4-6-13(14)19-16/h8-10,13-14,16,19,21H,4-7H2,1-3H3,(H,20,22)/t13-,14-,16+/m1/s1. The zero-order valence-electron chi connectivity index (χ0n) is 13.6. The van der Waals surface area contributed by atoms with Crippen LogP contribution >= 0.6 is 0 Å². The molecule has 3 atom stereocenters. The summed E-state index contributed by atoms with van der Waals surface area (Å²) in [4.78, 5) is 12.6. The normalized spacial score (nSPS) is 28.4. The van der Waals surface area contributed by atoms with Crippen molar-refractivity contribution in [1.82, 2.24) is 10.6 Å². The molecule has 1 saturated heterocycles. The topological polar surface area (TPSA) is 61.4 Å². The van der Waals surface area contributed by atoms with E-state index < -0.39 is 6.04 Å². The molecular formula is C18H26N2O2. The van der Waals surface area contributed by atoms with Crippen molar-refractivity contribution in [3.8, 4) is 5.75 Å². The van der Waals surface area contributed by atoms with Crippen LogP contribution in [0.3, 0.4) is 0 Å². The summed E-state index contributed by atoms with van der Waals surface area (Å²) < 4.78 is 0. The van der Waals surface area contributed by atoms with Crippen LogP contribution in [0.25, 0.3) is 0 Å². The molecule has 3 N–H and O–H groups in total. The van der Waals surface area contributed by atoms with Crippen LogP contribution in [0.1, 0.15) is 68.2 Å². The summed E-state index contributed by atoms with van der Waals surface area (Å²) in [6, 6.07) is 4.08. The summed E-state index contributed by atoms with van der Waals surface area (Å²) in [5.74, 6) is 0.493. The smallest absolute Gasteiger partial charge is 0.242 e. The van der Waals surface area contributed by atoms with E-state index in [1.54, 1.807) is 0 Å². The fourth-order valence-corrected chi connectivity index (χ4v) is 3.83. The maximum absolute atomic E-state index is 12.6. The largest absolute Gasteiger partial charge is 0.507 e. The van der Waals surface area contributed by atoms with E-state index in [0.29, 0.717) is 6.04 Å². The number of carbonyl (C=O) groups is 1. The molecular weight excluding hydrogens is 276 g/mol. The van der Waals surface area contributed by atoms with E-state index in [2.05, 4.69) is 24.5 Å². The molecule has 4 heteroatoms. The minimum Gasteiger partial charge on any atom is -0.507 e. The van der Waals surface area contributed by atoms with Gasteiger partial charge in [-0.15, -0.1) is 0 Å². The van der Waals surface area contributed by atoms with Gasteiger partial charge < -0.3 is 10.4 Å². The van der Waals surface area contributed by atoms with Gasteiger partial charge in [-0.25, -0.2) is 0 Å². The first-order chi connectivity index (χ1) is 10.5. The van der Waals surface area contributed by atoms with Crippen LogP contribution in [-0.2, 0) is 4.79 Å². The van der Waals surface area contributed by atoms with Crippen LogP contribution in [0.2, 0.25) is 0 Å². The van der Waals surface area contributed by atoms with Gasteiger partial charge in [0.2, 0.25) is 5.91 Å². The van der Waals surface area contributed by atoms with Crippen molar-refractivity contribution >= 4 is 5.91 Å². The van der Waals surface area contributed by atoms with E-state index in [0.717, 1.165) is 29.5 Å². The number of amides is 1. The Labute approximate surface area is 132 Å². The highest BCUT2D eigenvalue weighted by atomic mass is 16.3. The Morgan fingerprint density at radius 3 is 2.55 bits per heavy atom. The Balaban J connectivity index is 1.96. The first-order valence-corrected chi connectivity index (χ1v) is 8.37. The van der Waals surface area contributed by atoms with Crippen LogP contribution in [0.15, 0.2) is 12.1 Å². The minimum atomic E-state index is -0.446. The summed E-state index contributed by atoms with van der Waals surface area (Å²) in [6.07, 6.45) is 4.52. The highest BCUT2D eigenvalue weighted by Crippen LogP contribution is 2.37. The zero-order chi connectivity index (χ0) is 15.9. The summed E-state index contributed by atoms with van der Waals surface area (Å²) in [5.41, 5.74) is 2.61. The molecule has 2 aliphatic rings. The van der Waals surface area contributed by atoms with Crippen LogP contribution in [-0.4, -0.2) is 23.1 Å². The number of aryl methyl sites for hydroxylation is 1. The molecule has 0 radical (unpaired) electrons. The van der Waals surface area contributed by atoms with Crippen molar-refractivity contribution in [3.05, 3.63) is 28.8 Å². The third-order valence-electron chi connectivity index (χ3n) is 5.11. The quantitative estimate of drug-likeness (QED) is 0.787. The molecule has 1 aromatic carbocycles. The van der Waals surface area contributed by atoms with Gasteiger partial charge in [-0.1, -0.05) is 38.8 Å².